The first kappa shape index (κ1) is 13.9. The minimum Gasteiger partial charge on any atom is -0.343 e. The molecule has 1 heterocycles. The monoisotopic (exact) mass is 280 g/mol. The van der Waals surface area contributed by atoms with Crippen molar-refractivity contribution in [2.75, 3.05) is 0 Å². The van der Waals surface area contributed by atoms with Crippen LogP contribution in [0, 0.1) is 6.92 Å². The molecule has 0 saturated carbocycles. The highest BCUT2D eigenvalue weighted by atomic mass is 35.5. The zero-order valence-corrected chi connectivity index (χ0v) is 12.0. The van der Waals surface area contributed by atoms with Crippen molar-refractivity contribution in [3.8, 4) is 0 Å². The Morgan fingerprint density at radius 3 is 2.63 bits per heavy atom. The maximum absolute atomic E-state index is 12.1. The average molecular weight is 281 g/mol. The van der Waals surface area contributed by atoms with Gasteiger partial charge in [0.05, 0.1) is 0 Å². The molecule has 19 heavy (non-hydrogen) atoms. The van der Waals surface area contributed by atoms with Gasteiger partial charge in [-0.2, -0.15) is 0 Å². The van der Waals surface area contributed by atoms with Crippen molar-refractivity contribution in [1.29, 1.82) is 0 Å². The fourth-order valence-corrected chi connectivity index (χ4v) is 2.45. The zero-order valence-electron chi connectivity index (χ0n) is 11.2. The molecule has 0 aromatic heterocycles. The van der Waals surface area contributed by atoms with Crippen LogP contribution < -0.4 is 5.32 Å². The van der Waals surface area contributed by atoms with Gasteiger partial charge in [-0.3, -0.25) is 9.59 Å². The highest BCUT2D eigenvalue weighted by molar-refractivity contribution is 6.31. The van der Waals surface area contributed by atoms with Crippen molar-refractivity contribution in [3.05, 3.63) is 34.3 Å². The second-order valence-electron chi connectivity index (χ2n) is 4.97. The molecule has 2 rings (SSSR count). The Morgan fingerprint density at radius 2 is 2.00 bits per heavy atom. The summed E-state index contributed by atoms with van der Waals surface area (Å²) in [6.45, 7) is 5.73. The summed E-state index contributed by atoms with van der Waals surface area (Å²) in [5.74, 6) is -0.209. The molecular weight excluding hydrogens is 264 g/mol. The number of nitrogens with zero attached hydrogens (tertiary/aromatic N) is 1. The van der Waals surface area contributed by atoms with Crippen molar-refractivity contribution >= 4 is 23.4 Å². The first-order valence-electron chi connectivity index (χ1n) is 6.26. The maximum Gasteiger partial charge on any atom is 0.245 e. The molecule has 2 unspecified atom stereocenters. The molecule has 1 saturated heterocycles. The summed E-state index contributed by atoms with van der Waals surface area (Å²) in [5, 5.41) is 3.28. The highest BCUT2D eigenvalue weighted by Gasteiger charge is 2.35. The lowest BCUT2D eigenvalue weighted by atomic mass is 10.1. The molecule has 0 radical (unpaired) electrons. The molecule has 2 amide bonds. The second kappa shape index (κ2) is 5.21. The van der Waals surface area contributed by atoms with E-state index in [1.54, 1.807) is 18.7 Å². The van der Waals surface area contributed by atoms with E-state index < -0.39 is 12.1 Å². The quantitative estimate of drug-likeness (QED) is 0.899. The smallest absolute Gasteiger partial charge is 0.245 e. The second-order valence-corrected chi connectivity index (χ2v) is 5.37. The number of carbonyl (C=O) groups excluding carboxylic acids is 2. The van der Waals surface area contributed by atoms with Crippen LogP contribution >= 0.6 is 11.6 Å². The third-order valence-corrected chi connectivity index (χ3v) is 3.76. The summed E-state index contributed by atoms with van der Waals surface area (Å²) >= 11 is 6.18. The van der Waals surface area contributed by atoms with E-state index in [2.05, 4.69) is 5.32 Å². The molecule has 1 aromatic carbocycles. The number of piperazine rings is 1. The molecule has 1 aliphatic rings. The molecule has 1 N–H and O–H groups in total. The topological polar surface area (TPSA) is 49.4 Å². The van der Waals surface area contributed by atoms with Gasteiger partial charge in [-0.05, 0) is 38.0 Å². The molecule has 1 aromatic rings. The summed E-state index contributed by atoms with van der Waals surface area (Å²) in [7, 11) is 0. The van der Waals surface area contributed by atoms with Crippen LogP contribution in [0.2, 0.25) is 5.02 Å². The molecule has 0 aliphatic carbocycles. The minimum absolute atomic E-state index is 0.0799. The van der Waals surface area contributed by atoms with Gasteiger partial charge in [0.15, 0.2) is 0 Å². The lowest BCUT2D eigenvalue weighted by Crippen LogP contribution is -2.60. The summed E-state index contributed by atoms with van der Waals surface area (Å²) in [5.41, 5.74) is 1.92. The van der Waals surface area contributed by atoms with Crippen LogP contribution in [0.3, 0.4) is 0 Å². The van der Waals surface area contributed by atoms with Gasteiger partial charge in [0.25, 0.3) is 0 Å². The van der Waals surface area contributed by atoms with Gasteiger partial charge < -0.3 is 10.2 Å². The van der Waals surface area contributed by atoms with Crippen LogP contribution in [0.15, 0.2) is 18.2 Å². The number of benzene rings is 1. The van der Waals surface area contributed by atoms with Crippen molar-refractivity contribution in [1.82, 2.24) is 10.2 Å². The molecule has 102 valence electrons. The van der Waals surface area contributed by atoms with Crippen LogP contribution in [0.25, 0.3) is 0 Å². The van der Waals surface area contributed by atoms with E-state index in [1.807, 2.05) is 25.1 Å². The Bertz CT molecular complexity index is 530. The van der Waals surface area contributed by atoms with Crippen LogP contribution in [-0.2, 0) is 16.1 Å². The number of carbonyl (C=O) groups is 2. The number of aryl methyl sites for hydroxylation is 1. The first-order chi connectivity index (χ1) is 8.90. The number of nitrogens with one attached hydrogen (secondary N) is 1. The summed E-state index contributed by atoms with van der Waals surface area (Å²) in [4.78, 5) is 25.5. The Kier molecular flexibility index (Phi) is 3.80. The number of rotatable bonds is 2. The Balaban J connectivity index is 2.25. The van der Waals surface area contributed by atoms with E-state index >= 15 is 0 Å². The van der Waals surface area contributed by atoms with E-state index in [1.165, 1.54) is 0 Å². The van der Waals surface area contributed by atoms with Gasteiger partial charge in [0, 0.05) is 11.6 Å². The lowest BCUT2D eigenvalue weighted by Gasteiger charge is -2.36. The van der Waals surface area contributed by atoms with E-state index in [0.717, 1.165) is 11.1 Å². The van der Waals surface area contributed by atoms with Gasteiger partial charge in [-0.1, -0.05) is 23.7 Å². The summed E-state index contributed by atoms with van der Waals surface area (Å²) < 4.78 is 0. The Labute approximate surface area is 117 Å². The van der Waals surface area contributed by atoms with Gasteiger partial charge >= 0.3 is 0 Å². The number of halogens is 1. The van der Waals surface area contributed by atoms with Crippen LogP contribution in [0.4, 0.5) is 0 Å². The highest BCUT2D eigenvalue weighted by Crippen LogP contribution is 2.22. The van der Waals surface area contributed by atoms with Crippen molar-refractivity contribution in [3.63, 3.8) is 0 Å². The fourth-order valence-electron chi connectivity index (χ4n) is 2.16. The Hall–Kier alpha value is -1.55. The van der Waals surface area contributed by atoms with Gasteiger partial charge in [0.2, 0.25) is 11.8 Å². The molecule has 4 nitrogen and oxygen atoms in total. The SMILES string of the molecule is Cc1ccc(CN2C(=O)C(C)NC(=O)C2C)c(Cl)c1. The van der Waals surface area contributed by atoms with E-state index in [4.69, 9.17) is 11.6 Å². The lowest BCUT2D eigenvalue weighted by molar-refractivity contribution is -0.148. The van der Waals surface area contributed by atoms with Crippen LogP contribution in [-0.4, -0.2) is 28.8 Å². The van der Waals surface area contributed by atoms with Crippen LogP contribution in [0.5, 0.6) is 0 Å². The molecule has 1 aliphatic heterocycles. The van der Waals surface area contributed by atoms with Gasteiger partial charge in [0.1, 0.15) is 12.1 Å². The standard InChI is InChI=1S/C14H17ClN2O2/c1-8-4-5-11(12(15)6-8)7-17-10(3)13(18)16-9(2)14(17)19/h4-6,9-10H,7H2,1-3H3,(H,16,18). The third-order valence-electron chi connectivity index (χ3n) is 3.41. The average Bonchev–Trinajstić information content (AvgIpc) is 2.34. The van der Waals surface area contributed by atoms with Gasteiger partial charge in [-0.15, -0.1) is 0 Å². The Morgan fingerprint density at radius 1 is 1.32 bits per heavy atom. The molecule has 0 spiro atoms. The number of hydrogen-bond donors (Lipinski definition) is 1. The zero-order chi connectivity index (χ0) is 14.2. The first-order valence-corrected chi connectivity index (χ1v) is 6.64. The third kappa shape index (κ3) is 2.73. The molecule has 1 fully saturated rings. The minimum atomic E-state index is -0.479. The number of amides is 2. The van der Waals surface area contributed by atoms with Crippen molar-refractivity contribution < 1.29 is 9.59 Å². The molecule has 5 heteroatoms. The van der Waals surface area contributed by atoms with Gasteiger partial charge in [-0.25, -0.2) is 0 Å². The predicted octanol–water partition coefficient (Wildman–Crippen LogP) is 1.88. The van der Waals surface area contributed by atoms with Crippen molar-refractivity contribution in [2.45, 2.75) is 39.4 Å². The van der Waals surface area contributed by atoms with E-state index in [9.17, 15) is 9.59 Å². The molecular formula is C14H17ClN2O2. The fraction of sp³-hybridized carbons (Fsp3) is 0.429. The summed E-state index contributed by atoms with van der Waals surface area (Å²) in [6, 6.07) is 4.76. The van der Waals surface area contributed by atoms with Crippen LogP contribution in [0.1, 0.15) is 25.0 Å². The van der Waals surface area contributed by atoms with E-state index in [-0.39, 0.29) is 11.8 Å². The maximum atomic E-state index is 12.1. The number of hydrogen-bond acceptors (Lipinski definition) is 2. The summed E-state index contributed by atoms with van der Waals surface area (Å²) in [6.07, 6.45) is 0. The largest absolute Gasteiger partial charge is 0.343 e. The molecule has 0 bridgehead atoms. The molecule has 2 atom stereocenters. The predicted molar refractivity (Wildman–Crippen MR) is 73.8 cm³/mol. The van der Waals surface area contributed by atoms with Crippen molar-refractivity contribution in [2.24, 2.45) is 0 Å². The normalized spacial score (nSPS) is 23.5. The van der Waals surface area contributed by atoms with E-state index in [0.29, 0.717) is 11.6 Å².